The van der Waals surface area contributed by atoms with Crippen LogP contribution in [0.15, 0.2) is 80.6 Å². The maximum absolute atomic E-state index is 10.3. The van der Waals surface area contributed by atoms with E-state index in [4.69, 9.17) is 20.8 Å². The van der Waals surface area contributed by atoms with Crippen molar-refractivity contribution in [2.24, 2.45) is 4.99 Å². The van der Waals surface area contributed by atoms with Gasteiger partial charge in [-0.05, 0) is 47.9 Å². The fourth-order valence-corrected chi connectivity index (χ4v) is 4.25. The quantitative estimate of drug-likeness (QED) is 0.255. The summed E-state index contributed by atoms with van der Waals surface area (Å²) in [5.74, 6) is 0.912. The van der Waals surface area contributed by atoms with E-state index in [0.717, 1.165) is 20.8 Å². The summed E-state index contributed by atoms with van der Waals surface area (Å²) in [6.45, 7) is 0. The zero-order chi connectivity index (χ0) is 22.2. The number of ether oxygens (including phenoxy) is 1. The molecule has 0 aliphatic heterocycles. The van der Waals surface area contributed by atoms with Crippen molar-refractivity contribution in [1.29, 1.82) is 0 Å². The van der Waals surface area contributed by atoms with Crippen LogP contribution in [-0.2, 0) is 0 Å². The fourth-order valence-electron chi connectivity index (χ4n) is 3.56. The van der Waals surface area contributed by atoms with Gasteiger partial charge in [-0.1, -0.05) is 51.8 Å². The molecule has 5 rings (SSSR count). The van der Waals surface area contributed by atoms with Crippen LogP contribution in [0.1, 0.15) is 5.56 Å². The molecule has 4 aromatic carbocycles. The minimum absolute atomic E-state index is 0.0267. The second-order valence-corrected chi connectivity index (χ2v) is 8.44. The van der Waals surface area contributed by atoms with Gasteiger partial charge in [-0.3, -0.25) is 4.99 Å². The molecule has 0 radical (unpaired) electrons. The number of halogens is 2. The van der Waals surface area contributed by atoms with Crippen molar-refractivity contribution in [3.63, 3.8) is 0 Å². The zero-order valence-corrected chi connectivity index (χ0v) is 19.2. The Morgan fingerprint density at radius 1 is 1.06 bits per heavy atom. The van der Waals surface area contributed by atoms with Crippen LogP contribution in [0.2, 0.25) is 5.02 Å². The van der Waals surface area contributed by atoms with Crippen molar-refractivity contribution in [1.82, 2.24) is 4.98 Å². The highest BCUT2D eigenvalue weighted by molar-refractivity contribution is 9.10. The van der Waals surface area contributed by atoms with E-state index in [1.165, 1.54) is 7.11 Å². The van der Waals surface area contributed by atoms with E-state index in [1.54, 1.807) is 18.3 Å². The highest BCUT2D eigenvalue weighted by Gasteiger charge is 2.13. The summed E-state index contributed by atoms with van der Waals surface area (Å²) in [5, 5.41) is 12.9. The third-order valence-electron chi connectivity index (χ3n) is 5.11. The largest absolute Gasteiger partial charge is 0.504 e. The van der Waals surface area contributed by atoms with Gasteiger partial charge in [-0.2, -0.15) is 0 Å². The van der Waals surface area contributed by atoms with Crippen molar-refractivity contribution < 1.29 is 14.3 Å². The standard InChI is InChI=1S/C25H16BrClN2O3/c1-31-23-11-15(26)10-14(24(23)30)13-28-16-8-9-22-21(12-16)29-25(32-22)19-6-2-5-18-17(19)4-3-7-20(18)27/h2-13,30H,1H3. The van der Waals surface area contributed by atoms with Crippen molar-refractivity contribution >= 4 is 61.3 Å². The molecule has 0 aliphatic rings. The molecule has 5 aromatic rings. The van der Waals surface area contributed by atoms with Crippen LogP contribution in [0.5, 0.6) is 11.5 Å². The molecule has 0 atom stereocenters. The summed E-state index contributed by atoms with van der Waals surface area (Å²) < 4.78 is 12.0. The summed E-state index contributed by atoms with van der Waals surface area (Å²) in [6.07, 6.45) is 1.58. The second-order valence-electron chi connectivity index (χ2n) is 7.12. The number of hydrogen-bond donors (Lipinski definition) is 1. The Hall–Kier alpha value is -3.35. The molecule has 0 aliphatic carbocycles. The number of fused-ring (bicyclic) bond motifs is 2. The van der Waals surface area contributed by atoms with E-state index in [1.807, 2.05) is 54.6 Å². The van der Waals surface area contributed by atoms with Crippen molar-refractivity contribution in [2.45, 2.75) is 0 Å². The maximum Gasteiger partial charge on any atom is 0.227 e. The summed E-state index contributed by atoms with van der Waals surface area (Å²) in [4.78, 5) is 9.16. The van der Waals surface area contributed by atoms with Gasteiger partial charge in [0.2, 0.25) is 5.89 Å². The van der Waals surface area contributed by atoms with E-state index >= 15 is 0 Å². The van der Waals surface area contributed by atoms with Gasteiger partial charge in [-0.15, -0.1) is 0 Å². The minimum Gasteiger partial charge on any atom is -0.504 e. The number of phenolic OH excluding ortho intramolecular Hbond substituents is 1. The molecule has 32 heavy (non-hydrogen) atoms. The number of aromatic nitrogens is 1. The fraction of sp³-hybridized carbons (Fsp3) is 0.0400. The molecule has 7 heteroatoms. The summed E-state index contributed by atoms with van der Waals surface area (Å²) in [6, 6.07) is 20.6. The van der Waals surface area contributed by atoms with Gasteiger partial charge in [0.25, 0.3) is 0 Å². The van der Waals surface area contributed by atoms with Gasteiger partial charge in [0, 0.05) is 32.2 Å². The predicted molar refractivity (Wildman–Crippen MR) is 132 cm³/mol. The minimum atomic E-state index is 0.0267. The summed E-state index contributed by atoms with van der Waals surface area (Å²) >= 11 is 9.76. The molecule has 0 spiro atoms. The number of benzene rings is 4. The van der Waals surface area contributed by atoms with E-state index in [0.29, 0.717) is 39.0 Å². The first kappa shape index (κ1) is 20.5. The molecular formula is C25H16BrClN2O3. The number of nitrogens with zero attached hydrogens (tertiary/aromatic N) is 2. The lowest BCUT2D eigenvalue weighted by molar-refractivity contribution is 0.373. The third-order valence-corrected chi connectivity index (χ3v) is 5.90. The van der Waals surface area contributed by atoms with Gasteiger partial charge >= 0.3 is 0 Å². The Morgan fingerprint density at radius 3 is 2.72 bits per heavy atom. The molecular weight excluding hydrogens is 492 g/mol. The Balaban J connectivity index is 1.53. The topological polar surface area (TPSA) is 67.9 Å². The number of aliphatic imine (C=N–C) groups is 1. The normalized spacial score (nSPS) is 11.6. The van der Waals surface area contributed by atoms with Gasteiger partial charge < -0.3 is 14.3 Å². The number of aromatic hydroxyl groups is 1. The molecule has 0 saturated heterocycles. The van der Waals surface area contributed by atoms with Crippen molar-refractivity contribution in [3.05, 3.63) is 81.8 Å². The lowest BCUT2D eigenvalue weighted by Gasteiger charge is -2.06. The molecule has 0 unspecified atom stereocenters. The average Bonchev–Trinajstić information content (AvgIpc) is 3.22. The number of methoxy groups -OCH3 is 1. The smallest absolute Gasteiger partial charge is 0.227 e. The number of rotatable bonds is 4. The number of oxazole rings is 1. The summed E-state index contributed by atoms with van der Waals surface area (Å²) in [7, 11) is 1.50. The SMILES string of the molecule is COc1cc(Br)cc(C=Nc2ccc3oc(-c4cccc5c(Cl)cccc45)nc3c2)c1O. The average molecular weight is 508 g/mol. The van der Waals surface area contributed by atoms with E-state index in [9.17, 15) is 5.11 Å². The zero-order valence-electron chi connectivity index (χ0n) is 16.8. The van der Waals surface area contributed by atoms with Gasteiger partial charge in [0.05, 0.1) is 12.8 Å². The van der Waals surface area contributed by atoms with E-state index < -0.39 is 0 Å². The third kappa shape index (κ3) is 3.72. The first-order chi connectivity index (χ1) is 15.5. The molecule has 1 heterocycles. The lowest BCUT2D eigenvalue weighted by atomic mass is 10.0. The monoisotopic (exact) mass is 506 g/mol. The van der Waals surface area contributed by atoms with Crippen molar-refractivity contribution in [3.8, 4) is 23.0 Å². The molecule has 0 amide bonds. The first-order valence-corrected chi connectivity index (χ1v) is 10.9. The highest BCUT2D eigenvalue weighted by Crippen LogP contribution is 2.35. The van der Waals surface area contributed by atoms with E-state index in [2.05, 4.69) is 25.9 Å². The number of phenols is 1. The van der Waals surface area contributed by atoms with Gasteiger partial charge in [-0.25, -0.2) is 4.98 Å². The maximum atomic E-state index is 10.3. The second kappa shape index (κ2) is 8.30. The van der Waals surface area contributed by atoms with Crippen LogP contribution in [0.4, 0.5) is 5.69 Å². The van der Waals surface area contributed by atoms with Crippen LogP contribution >= 0.6 is 27.5 Å². The van der Waals surface area contributed by atoms with Gasteiger partial charge in [0.1, 0.15) is 5.52 Å². The Labute approximate surface area is 197 Å². The molecule has 0 bridgehead atoms. The van der Waals surface area contributed by atoms with Crippen LogP contribution in [-0.4, -0.2) is 23.4 Å². The Morgan fingerprint density at radius 2 is 1.88 bits per heavy atom. The first-order valence-electron chi connectivity index (χ1n) is 9.72. The molecule has 158 valence electrons. The lowest BCUT2D eigenvalue weighted by Crippen LogP contribution is -1.89. The molecule has 5 nitrogen and oxygen atoms in total. The molecule has 0 fully saturated rings. The predicted octanol–water partition coefficient (Wildman–Crippen LogP) is 7.53. The van der Waals surface area contributed by atoms with Crippen LogP contribution in [0.3, 0.4) is 0 Å². The molecule has 1 N–H and O–H groups in total. The number of hydrogen-bond acceptors (Lipinski definition) is 5. The van der Waals surface area contributed by atoms with Crippen molar-refractivity contribution in [2.75, 3.05) is 7.11 Å². The molecule has 0 saturated carbocycles. The van der Waals surface area contributed by atoms with Crippen LogP contribution < -0.4 is 4.74 Å². The van der Waals surface area contributed by atoms with Crippen LogP contribution in [0.25, 0.3) is 33.3 Å². The van der Waals surface area contributed by atoms with Crippen LogP contribution in [0, 0.1) is 0 Å². The highest BCUT2D eigenvalue weighted by atomic mass is 79.9. The van der Waals surface area contributed by atoms with Gasteiger partial charge in [0.15, 0.2) is 17.1 Å². The van der Waals surface area contributed by atoms with E-state index in [-0.39, 0.29) is 5.75 Å². The summed E-state index contributed by atoms with van der Waals surface area (Å²) in [5.41, 5.74) is 3.42. The Kier molecular flexibility index (Phi) is 5.33. The Bertz CT molecular complexity index is 1510. The molecule has 1 aromatic heterocycles.